The zero-order valence-corrected chi connectivity index (χ0v) is 14.0. The van der Waals surface area contributed by atoms with Gasteiger partial charge in [0.05, 0.1) is 16.7 Å². The Hall–Kier alpha value is -1.43. The van der Waals surface area contributed by atoms with Gasteiger partial charge in [0.25, 0.3) is 5.91 Å². The second-order valence-electron chi connectivity index (χ2n) is 5.36. The molecular formula is C16H17ClN2O2S. The molecule has 0 saturated carbocycles. The second kappa shape index (κ2) is 6.36. The number of aryl methyl sites for hydroxylation is 2. The molecule has 1 fully saturated rings. The summed E-state index contributed by atoms with van der Waals surface area (Å²) in [5.74, 6) is -0.0717. The maximum atomic E-state index is 12.4. The van der Waals surface area contributed by atoms with Gasteiger partial charge >= 0.3 is 0 Å². The molecule has 3 rings (SSSR count). The zero-order valence-electron chi connectivity index (χ0n) is 12.4. The molecule has 1 amide bonds. The van der Waals surface area contributed by atoms with E-state index in [1.165, 1.54) is 11.3 Å². The Balaban J connectivity index is 1.75. The van der Waals surface area contributed by atoms with Gasteiger partial charge in [-0.3, -0.25) is 4.79 Å². The van der Waals surface area contributed by atoms with Crippen LogP contribution in [0.15, 0.2) is 24.3 Å². The number of ether oxygens (including phenoxy) is 1. The molecule has 1 aromatic heterocycles. The maximum absolute atomic E-state index is 12.4. The fraction of sp³-hybridized carbons (Fsp3) is 0.375. The first-order valence-electron chi connectivity index (χ1n) is 7.16. The van der Waals surface area contributed by atoms with Crippen molar-refractivity contribution in [3.8, 4) is 0 Å². The molecule has 1 aliphatic heterocycles. The highest BCUT2D eigenvalue weighted by molar-refractivity contribution is 7.13. The first kappa shape index (κ1) is 15.5. The van der Waals surface area contributed by atoms with Crippen molar-refractivity contribution in [1.82, 2.24) is 10.3 Å². The molecule has 6 heteroatoms. The van der Waals surface area contributed by atoms with Crippen LogP contribution in [0.2, 0.25) is 5.02 Å². The Labute approximate surface area is 138 Å². The van der Waals surface area contributed by atoms with Gasteiger partial charge in [-0.15, -0.1) is 11.3 Å². The highest BCUT2D eigenvalue weighted by Crippen LogP contribution is 2.30. The summed E-state index contributed by atoms with van der Waals surface area (Å²) in [6.45, 7) is 4.41. The lowest BCUT2D eigenvalue weighted by Crippen LogP contribution is -2.36. The first-order valence-corrected chi connectivity index (χ1v) is 8.36. The van der Waals surface area contributed by atoms with Crippen molar-refractivity contribution in [2.75, 3.05) is 6.61 Å². The normalized spacial score (nSPS) is 21.0. The van der Waals surface area contributed by atoms with Crippen LogP contribution in [0.5, 0.6) is 0 Å². The Bertz CT molecular complexity index is 684. The molecule has 0 unspecified atom stereocenters. The lowest BCUT2D eigenvalue weighted by atomic mass is 10.0. The molecule has 0 bridgehead atoms. The Morgan fingerprint density at radius 1 is 1.36 bits per heavy atom. The van der Waals surface area contributed by atoms with Crippen LogP contribution in [0.1, 0.15) is 38.5 Å². The van der Waals surface area contributed by atoms with Gasteiger partial charge in [-0.2, -0.15) is 0 Å². The van der Waals surface area contributed by atoms with Crippen molar-refractivity contribution >= 4 is 28.8 Å². The van der Waals surface area contributed by atoms with Crippen molar-refractivity contribution in [1.29, 1.82) is 0 Å². The summed E-state index contributed by atoms with van der Waals surface area (Å²) in [6.07, 6.45) is 0.672. The van der Waals surface area contributed by atoms with E-state index in [4.69, 9.17) is 16.3 Å². The monoisotopic (exact) mass is 336 g/mol. The molecule has 0 aliphatic carbocycles. The molecular weight excluding hydrogens is 320 g/mol. The van der Waals surface area contributed by atoms with Gasteiger partial charge in [0, 0.05) is 11.6 Å². The number of thiazole rings is 1. The summed E-state index contributed by atoms with van der Waals surface area (Å²) in [6, 6.07) is 7.54. The van der Waals surface area contributed by atoms with Gasteiger partial charge in [-0.25, -0.2) is 4.98 Å². The number of nitrogens with zero attached hydrogens (tertiary/aromatic N) is 1. The number of hydrogen-bond acceptors (Lipinski definition) is 4. The van der Waals surface area contributed by atoms with Crippen molar-refractivity contribution in [3.63, 3.8) is 0 Å². The lowest BCUT2D eigenvalue weighted by Gasteiger charge is -2.20. The van der Waals surface area contributed by atoms with Crippen molar-refractivity contribution < 1.29 is 9.53 Å². The van der Waals surface area contributed by atoms with Crippen LogP contribution in [-0.4, -0.2) is 23.5 Å². The van der Waals surface area contributed by atoms with E-state index in [9.17, 15) is 4.79 Å². The van der Waals surface area contributed by atoms with Crippen LogP contribution in [0.3, 0.4) is 0 Å². The average molecular weight is 337 g/mol. The Morgan fingerprint density at radius 2 is 2.09 bits per heavy atom. The van der Waals surface area contributed by atoms with E-state index in [2.05, 4.69) is 10.3 Å². The fourth-order valence-electron chi connectivity index (χ4n) is 2.69. The molecule has 0 radical (unpaired) electrons. The van der Waals surface area contributed by atoms with Crippen LogP contribution >= 0.6 is 22.9 Å². The topological polar surface area (TPSA) is 51.2 Å². The summed E-state index contributed by atoms with van der Waals surface area (Å²) in [5.41, 5.74) is 1.81. The molecule has 0 spiro atoms. The largest absolute Gasteiger partial charge is 0.371 e. The molecule has 4 nitrogen and oxygen atoms in total. The summed E-state index contributed by atoms with van der Waals surface area (Å²) in [4.78, 5) is 17.4. The van der Waals surface area contributed by atoms with Gasteiger partial charge in [0.15, 0.2) is 0 Å². The molecule has 1 saturated heterocycles. The number of hydrogen-bond donors (Lipinski definition) is 1. The third-order valence-corrected chi connectivity index (χ3v) is 5.04. The third-order valence-electron chi connectivity index (χ3n) is 3.72. The van der Waals surface area contributed by atoms with Crippen LogP contribution in [0, 0.1) is 13.8 Å². The van der Waals surface area contributed by atoms with Crippen LogP contribution in [-0.2, 0) is 4.74 Å². The van der Waals surface area contributed by atoms with Crippen LogP contribution in [0.4, 0.5) is 0 Å². The van der Waals surface area contributed by atoms with Crippen molar-refractivity contribution in [2.45, 2.75) is 32.4 Å². The first-order chi connectivity index (χ1) is 10.5. The molecule has 1 aliphatic rings. The van der Waals surface area contributed by atoms with E-state index >= 15 is 0 Å². The Kier molecular flexibility index (Phi) is 4.47. The van der Waals surface area contributed by atoms with Gasteiger partial charge in [-0.1, -0.05) is 23.7 Å². The number of rotatable bonds is 3. The van der Waals surface area contributed by atoms with E-state index in [-0.39, 0.29) is 18.1 Å². The minimum Gasteiger partial charge on any atom is -0.371 e. The average Bonchev–Trinajstić information content (AvgIpc) is 3.06. The standard InChI is InChI=1S/C16H17ClN2O2S/c1-9-15(22-10(2)18-9)16(20)19-13-7-8-21-14(13)11-3-5-12(17)6-4-11/h3-6,13-14H,7-8H2,1-2H3,(H,19,20)/t13-,14+/m1/s1. The van der Waals surface area contributed by atoms with E-state index in [1.54, 1.807) is 0 Å². The van der Waals surface area contributed by atoms with Gasteiger partial charge in [0.2, 0.25) is 0 Å². The number of benzene rings is 1. The van der Waals surface area contributed by atoms with E-state index in [1.807, 2.05) is 38.1 Å². The summed E-state index contributed by atoms with van der Waals surface area (Å²) >= 11 is 7.35. The number of carbonyl (C=O) groups is 1. The summed E-state index contributed by atoms with van der Waals surface area (Å²) in [5, 5.41) is 4.68. The van der Waals surface area contributed by atoms with Gasteiger partial charge < -0.3 is 10.1 Å². The van der Waals surface area contributed by atoms with Crippen LogP contribution in [0.25, 0.3) is 0 Å². The third kappa shape index (κ3) is 3.16. The molecule has 1 aromatic carbocycles. The molecule has 2 atom stereocenters. The minimum atomic E-state index is -0.129. The second-order valence-corrected chi connectivity index (χ2v) is 7.00. The molecule has 22 heavy (non-hydrogen) atoms. The number of amides is 1. The minimum absolute atomic E-state index is 0.0320. The number of halogens is 1. The van der Waals surface area contributed by atoms with E-state index in [0.717, 1.165) is 22.7 Å². The molecule has 2 aromatic rings. The van der Waals surface area contributed by atoms with Crippen molar-refractivity contribution in [3.05, 3.63) is 50.4 Å². The molecule has 116 valence electrons. The predicted octanol–water partition coefficient (Wildman–Crippen LogP) is 3.67. The number of nitrogens with one attached hydrogen (secondary N) is 1. The Morgan fingerprint density at radius 3 is 2.73 bits per heavy atom. The highest BCUT2D eigenvalue weighted by Gasteiger charge is 2.31. The van der Waals surface area contributed by atoms with Crippen molar-refractivity contribution in [2.24, 2.45) is 0 Å². The smallest absolute Gasteiger partial charge is 0.263 e. The summed E-state index contributed by atoms with van der Waals surface area (Å²) in [7, 11) is 0. The summed E-state index contributed by atoms with van der Waals surface area (Å²) < 4.78 is 5.79. The maximum Gasteiger partial charge on any atom is 0.263 e. The molecule has 2 heterocycles. The highest BCUT2D eigenvalue weighted by atomic mass is 35.5. The number of aromatic nitrogens is 1. The SMILES string of the molecule is Cc1nc(C)c(C(=O)N[C@@H]2CCO[C@H]2c2ccc(Cl)cc2)s1. The van der Waals surface area contributed by atoms with E-state index in [0.29, 0.717) is 16.5 Å². The van der Waals surface area contributed by atoms with Crippen LogP contribution < -0.4 is 5.32 Å². The molecule has 1 N–H and O–H groups in total. The van der Waals surface area contributed by atoms with Gasteiger partial charge in [0.1, 0.15) is 11.0 Å². The predicted molar refractivity (Wildman–Crippen MR) is 87.6 cm³/mol. The van der Waals surface area contributed by atoms with Gasteiger partial charge in [-0.05, 0) is 38.0 Å². The van der Waals surface area contributed by atoms with E-state index < -0.39 is 0 Å². The zero-order chi connectivity index (χ0) is 15.7. The fourth-order valence-corrected chi connectivity index (χ4v) is 3.64. The lowest BCUT2D eigenvalue weighted by molar-refractivity contribution is 0.0824. The number of carbonyl (C=O) groups excluding carboxylic acids is 1. The quantitative estimate of drug-likeness (QED) is 0.930.